The molecule has 8 nitrogen and oxygen atoms in total. The van der Waals surface area contributed by atoms with Crippen molar-refractivity contribution in [3.8, 4) is 17.2 Å². The van der Waals surface area contributed by atoms with E-state index in [0.717, 1.165) is 16.3 Å². The van der Waals surface area contributed by atoms with Crippen molar-refractivity contribution in [1.82, 2.24) is 4.57 Å². The zero-order valence-electron chi connectivity index (χ0n) is 28.1. The number of benzene rings is 5. The first-order valence-electron chi connectivity index (χ1n) is 16.3. The summed E-state index contributed by atoms with van der Waals surface area (Å²) in [6.07, 6.45) is 1.76. The lowest BCUT2D eigenvalue weighted by atomic mass is 9.93. The van der Waals surface area contributed by atoms with Crippen molar-refractivity contribution in [2.75, 3.05) is 20.8 Å². The normalized spacial score (nSPS) is 14.2. The number of aromatic nitrogens is 1. The average molecular weight is 717 g/mol. The van der Waals surface area contributed by atoms with Crippen LogP contribution in [0.15, 0.2) is 125 Å². The summed E-state index contributed by atoms with van der Waals surface area (Å²) < 4.78 is 25.0. The molecular formula is C41H33ClN2O6S. The number of ether oxygens (including phenoxy) is 4. The average Bonchev–Trinajstić information content (AvgIpc) is 3.47. The van der Waals surface area contributed by atoms with Crippen molar-refractivity contribution in [2.24, 2.45) is 4.99 Å². The van der Waals surface area contributed by atoms with Crippen molar-refractivity contribution >= 4 is 51.5 Å². The Labute approximate surface area is 303 Å². The molecule has 51 heavy (non-hydrogen) atoms. The highest BCUT2D eigenvalue weighted by Gasteiger charge is 2.35. The van der Waals surface area contributed by atoms with Gasteiger partial charge >= 0.3 is 5.97 Å². The van der Waals surface area contributed by atoms with E-state index in [1.54, 1.807) is 50.4 Å². The molecule has 0 aliphatic carbocycles. The van der Waals surface area contributed by atoms with Crippen LogP contribution in [0.5, 0.6) is 17.2 Å². The van der Waals surface area contributed by atoms with Gasteiger partial charge in [-0.05, 0) is 65.2 Å². The van der Waals surface area contributed by atoms with E-state index in [9.17, 15) is 9.59 Å². The van der Waals surface area contributed by atoms with Gasteiger partial charge < -0.3 is 18.9 Å². The highest BCUT2D eigenvalue weighted by Crippen LogP contribution is 2.38. The summed E-state index contributed by atoms with van der Waals surface area (Å²) in [7, 11) is 3.09. The number of nitrogens with zero attached hydrogens (tertiary/aromatic N) is 2. The summed E-state index contributed by atoms with van der Waals surface area (Å²) in [6.45, 7) is 2.20. The van der Waals surface area contributed by atoms with Crippen molar-refractivity contribution in [2.45, 2.75) is 19.6 Å². The monoisotopic (exact) mass is 716 g/mol. The minimum Gasteiger partial charge on any atom is -0.493 e. The number of rotatable bonds is 10. The van der Waals surface area contributed by atoms with E-state index in [4.69, 9.17) is 35.5 Å². The van der Waals surface area contributed by atoms with E-state index in [2.05, 4.69) is 18.2 Å². The van der Waals surface area contributed by atoms with Crippen molar-refractivity contribution in [1.29, 1.82) is 0 Å². The molecule has 0 radical (unpaired) electrons. The molecular weight excluding hydrogens is 684 g/mol. The third kappa shape index (κ3) is 6.66. The topological polar surface area (TPSA) is 88.4 Å². The van der Waals surface area contributed by atoms with Crippen LogP contribution >= 0.6 is 22.9 Å². The summed E-state index contributed by atoms with van der Waals surface area (Å²) in [4.78, 5) is 33.8. The smallest absolute Gasteiger partial charge is 0.338 e. The summed E-state index contributed by atoms with van der Waals surface area (Å²) in [6, 6.07) is 33.4. The Balaban J connectivity index is 1.40. The minimum absolute atomic E-state index is 0.143. The molecule has 0 N–H and O–H groups in total. The lowest BCUT2D eigenvalue weighted by Gasteiger charge is -2.26. The molecule has 0 saturated carbocycles. The van der Waals surface area contributed by atoms with Gasteiger partial charge in [0.15, 0.2) is 16.3 Å². The Hall–Kier alpha value is -5.64. The molecule has 0 saturated heterocycles. The number of methoxy groups -OCH3 is 2. The zero-order valence-corrected chi connectivity index (χ0v) is 29.7. The highest BCUT2D eigenvalue weighted by molar-refractivity contribution is 7.07. The fourth-order valence-corrected chi connectivity index (χ4v) is 7.43. The number of hydrogen-bond donors (Lipinski definition) is 0. The third-order valence-corrected chi connectivity index (χ3v) is 9.84. The Kier molecular flexibility index (Phi) is 9.74. The molecule has 2 heterocycles. The summed E-state index contributed by atoms with van der Waals surface area (Å²) >= 11 is 7.71. The minimum atomic E-state index is -0.890. The number of halogens is 1. The van der Waals surface area contributed by atoms with E-state index in [1.807, 2.05) is 60.7 Å². The number of hydrogen-bond acceptors (Lipinski definition) is 8. The van der Waals surface area contributed by atoms with Crippen LogP contribution in [-0.2, 0) is 16.1 Å². The second-order valence-electron chi connectivity index (χ2n) is 11.7. The van der Waals surface area contributed by atoms with Crippen molar-refractivity contribution in [3.63, 3.8) is 0 Å². The number of carbonyl (C=O) groups excluding carboxylic acids is 1. The fraction of sp³-hybridized carbons (Fsp3) is 0.146. The van der Waals surface area contributed by atoms with E-state index >= 15 is 0 Å². The van der Waals surface area contributed by atoms with Gasteiger partial charge in [-0.15, -0.1) is 0 Å². The first kappa shape index (κ1) is 33.8. The molecule has 0 bridgehead atoms. The Morgan fingerprint density at radius 1 is 0.882 bits per heavy atom. The molecule has 1 aliphatic heterocycles. The molecule has 1 aliphatic rings. The Bertz CT molecular complexity index is 2480. The summed E-state index contributed by atoms with van der Waals surface area (Å²) in [5.41, 5.74) is 3.30. The predicted molar refractivity (Wildman–Crippen MR) is 200 cm³/mol. The fourth-order valence-electron chi connectivity index (χ4n) is 6.26. The van der Waals surface area contributed by atoms with E-state index < -0.39 is 12.0 Å². The maximum atomic E-state index is 14.5. The molecule has 0 unspecified atom stereocenters. The van der Waals surface area contributed by atoms with E-state index in [0.29, 0.717) is 60.6 Å². The molecule has 0 fully saturated rings. The van der Waals surface area contributed by atoms with Crippen molar-refractivity contribution < 1.29 is 23.7 Å². The van der Waals surface area contributed by atoms with Crippen LogP contribution < -0.4 is 29.1 Å². The number of fused-ring (bicyclic) bond motifs is 2. The van der Waals surface area contributed by atoms with Crippen LogP contribution in [0.2, 0.25) is 5.02 Å². The summed E-state index contributed by atoms with van der Waals surface area (Å²) in [5, 5.41) is 2.72. The lowest BCUT2D eigenvalue weighted by Crippen LogP contribution is -2.40. The summed E-state index contributed by atoms with van der Waals surface area (Å²) in [5.74, 6) is 0.945. The molecule has 10 heteroatoms. The number of thiazole rings is 1. The van der Waals surface area contributed by atoms with Crippen LogP contribution in [0.1, 0.15) is 35.2 Å². The standard InChI is InChI=1S/C41H33ClN2O6S/c1-4-49-40(46)36-37(26-12-6-5-7-13-26)43-41-44(38(36)27-17-19-33(47-2)34(22-27)48-3)39(45)35(51-41)23-29-21-30(42)18-20-32(29)50-24-28-15-10-14-25-11-8-9-16-31(25)28/h5-23,38H,4,24H2,1-3H3/b35-23-/t38-/m1/s1. The van der Waals surface area contributed by atoms with Gasteiger partial charge in [-0.2, -0.15) is 0 Å². The van der Waals surface area contributed by atoms with Gasteiger partial charge in [-0.25, -0.2) is 9.79 Å². The molecule has 5 aromatic carbocycles. The van der Waals surface area contributed by atoms with E-state index in [1.165, 1.54) is 23.0 Å². The van der Waals surface area contributed by atoms with E-state index in [-0.39, 0.29) is 17.7 Å². The van der Waals surface area contributed by atoms with Gasteiger partial charge in [-0.3, -0.25) is 9.36 Å². The van der Waals surface area contributed by atoms with Gasteiger partial charge in [0.2, 0.25) is 0 Å². The zero-order chi connectivity index (χ0) is 35.5. The maximum absolute atomic E-state index is 14.5. The van der Waals surface area contributed by atoms with Crippen LogP contribution in [0.25, 0.3) is 22.5 Å². The van der Waals surface area contributed by atoms with Crippen LogP contribution in [0.4, 0.5) is 0 Å². The molecule has 7 rings (SSSR count). The quantitative estimate of drug-likeness (QED) is 0.138. The predicted octanol–water partition coefficient (Wildman–Crippen LogP) is 7.34. The van der Waals surface area contributed by atoms with Gasteiger partial charge in [0.05, 0.1) is 42.7 Å². The first-order valence-corrected chi connectivity index (χ1v) is 17.5. The number of esters is 1. The van der Waals surface area contributed by atoms with Gasteiger partial charge in [-0.1, -0.05) is 102 Å². The Morgan fingerprint density at radius 3 is 2.41 bits per heavy atom. The van der Waals surface area contributed by atoms with Gasteiger partial charge in [0.25, 0.3) is 5.56 Å². The first-order chi connectivity index (χ1) is 24.9. The second-order valence-corrected chi connectivity index (χ2v) is 13.1. The highest BCUT2D eigenvalue weighted by atomic mass is 35.5. The second kappa shape index (κ2) is 14.7. The third-order valence-electron chi connectivity index (χ3n) is 8.62. The molecule has 6 aromatic rings. The molecule has 0 amide bonds. The van der Waals surface area contributed by atoms with Crippen molar-refractivity contribution in [3.05, 3.63) is 162 Å². The van der Waals surface area contributed by atoms with Crippen LogP contribution in [0, 0.1) is 0 Å². The maximum Gasteiger partial charge on any atom is 0.338 e. The largest absolute Gasteiger partial charge is 0.493 e. The Morgan fingerprint density at radius 2 is 1.63 bits per heavy atom. The van der Waals surface area contributed by atoms with Crippen LogP contribution in [0.3, 0.4) is 0 Å². The SMILES string of the molecule is CCOC(=O)C1=C(c2ccccc2)N=c2s/c(=C\c3cc(Cl)ccc3OCc3cccc4ccccc34)c(=O)n2[C@@H]1c1ccc(OC)c(OC)c1. The van der Waals surface area contributed by atoms with Gasteiger partial charge in [0.1, 0.15) is 12.4 Å². The molecule has 256 valence electrons. The molecule has 0 spiro atoms. The van der Waals surface area contributed by atoms with Gasteiger partial charge in [0, 0.05) is 16.1 Å². The lowest BCUT2D eigenvalue weighted by molar-refractivity contribution is -0.138. The number of carbonyl (C=O) groups is 1. The van der Waals surface area contributed by atoms with Crippen LogP contribution in [-0.4, -0.2) is 31.4 Å². The molecule has 1 atom stereocenters. The molecule has 1 aromatic heterocycles.